The van der Waals surface area contributed by atoms with Crippen molar-refractivity contribution in [3.8, 4) is 0 Å². The average molecular weight is 304 g/mol. The third kappa shape index (κ3) is 4.73. The van der Waals surface area contributed by atoms with Gasteiger partial charge < -0.3 is 15.4 Å². The molecule has 2 rings (SSSR count). The van der Waals surface area contributed by atoms with Gasteiger partial charge in [0.2, 0.25) is 0 Å². The number of aryl methyl sites for hydroxylation is 3. The van der Waals surface area contributed by atoms with Gasteiger partial charge in [0, 0.05) is 19.1 Å². The summed E-state index contributed by atoms with van der Waals surface area (Å²) in [5, 5.41) is 6.48. The van der Waals surface area contributed by atoms with Gasteiger partial charge in [0.25, 0.3) is 0 Å². The number of hydrogen-bond acceptors (Lipinski definition) is 3. The van der Waals surface area contributed by atoms with Crippen molar-refractivity contribution in [2.75, 3.05) is 13.2 Å². The van der Waals surface area contributed by atoms with E-state index in [1.807, 2.05) is 6.92 Å². The van der Waals surface area contributed by atoms with Crippen molar-refractivity contribution in [3.05, 3.63) is 34.4 Å². The van der Waals surface area contributed by atoms with E-state index >= 15 is 0 Å². The Balaban J connectivity index is 1.87. The summed E-state index contributed by atoms with van der Waals surface area (Å²) in [7, 11) is 0. The maximum atomic E-state index is 11.6. The van der Waals surface area contributed by atoms with E-state index in [1.54, 1.807) is 0 Å². The molecule has 0 saturated heterocycles. The normalized spacial score (nSPS) is 15.5. The molecule has 1 amide bonds. The molecule has 0 spiro atoms. The van der Waals surface area contributed by atoms with Crippen molar-refractivity contribution in [1.29, 1.82) is 0 Å². The third-order valence-electron chi connectivity index (χ3n) is 4.28. The Morgan fingerprint density at radius 3 is 2.45 bits per heavy atom. The molecule has 0 bridgehead atoms. The molecule has 4 nitrogen and oxygen atoms in total. The highest BCUT2D eigenvalue weighted by molar-refractivity contribution is 5.67. The van der Waals surface area contributed by atoms with Gasteiger partial charge in [-0.3, -0.25) is 0 Å². The zero-order valence-corrected chi connectivity index (χ0v) is 14.2. The van der Waals surface area contributed by atoms with Crippen molar-refractivity contribution >= 4 is 6.09 Å². The van der Waals surface area contributed by atoms with Gasteiger partial charge in [0.05, 0.1) is 6.61 Å². The Kier molecular flexibility index (Phi) is 5.83. The standard InChI is InChI=1S/C18H28N2O2/c1-5-22-18(21)20-17(15-6-7-15)11-19-10-16-13(3)8-12(2)9-14(16)4/h8-9,15,17,19H,5-7,10-11H2,1-4H3,(H,20,21)/t17-/m0/s1. The fourth-order valence-corrected chi connectivity index (χ4v) is 3.00. The third-order valence-corrected chi connectivity index (χ3v) is 4.28. The Morgan fingerprint density at radius 1 is 1.27 bits per heavy atom. The smallest absolute Gasteiger partial charge is 0.407 e. The molecule has 4 heteroatoms. The number of nitrogens with one attached hydrogen (secondary N) is 2. The first kappa shape index (κ1) is 16.8. The minimum Gasteiger partial charge on any atom is -0.450 e. The first-order valence-corrected chi connectivity index (χ1v) is 8.22. The number of amides is 1. The van der Waals surface area contributed by atoms with Crippen LogP contribution in [0.2, 0.25) is 0 Å². The van der Waals surface area contributed by atoms with Crippen LogP contribution in [0.25, 0.3) is 0 Å². The lowest BCUT2D eigenvalue weighted by Gasteiger charge is -2.19. The second-order valence-corrected chi connectivity index (χ2v) is 6.32. The number of alkyl carbamates (subject to hydrolysis) is 1. The number of ether oxygens (including phenoxy) is 1. The van der Waals surface area contributed by atoms with Crippen LogP contribution in [0.4, 0.5) is 4.79 Å². The molecule has 22 heavy (non-hydrogen) atoms. The number of carbonyl (C=O) groups is 1. The van der Waals surface area contributed by atoms with Crippen LogP contribution < -0.4 is 10.6 Å². The highest BCUT2D eigenvalue weighted by atomic mass is 16.5. The van der Waals surface area contributed by atoms with Gasteiger partial charge >= 0.3 is 6.09 Å². The van der Waals surface area contributed by atoms with Gasteiger partial charge in [0.1, 0.15) is 0 Å². The van der Waals surface area contributed by atoms with E-state index in [0.29, 0.717) is 12.5 Å². The predicted molar refractivity (Wildman–Crippen MR) is 89.0 cm³/mol. The highest BCUT2D eigenvalue weighted by Crippen LogP contribution is 2.32. The van der Waals surface area contributed by atoms with Crippen LogP contribution in [-0.4, -0.2) is 25.3 Å². The second-order valence-electron chi connectivity index (χ2n) is 6.32. The quantitative estimate of drug-likeness (QED) is 0.813. The molecule has 1 aromatic carbocycles. The van der Waals surface area contributed by atoms with Crippen LogP contribution >= 0.6 is 0 Å². The molecule has 1 aliphatic rings. The van der Waals surface area contributed by atoms with E-state index in [4.69, 9.17) is 4.74 Å². The molecule has 0 radical (unpaired) electrons. The van der Waals surface area contributed by atoms with Crippen molar-refractivity contribution in [2.24, 2.45) is 5.92 Å². The van der Waals surface area contributed by atoms with Crippen LogP contribution in [0.15, 0.2) is 12.1 Å². The fourth-order valence-electron chi connectivity index (χ4n) is 3.00. The Morgan fingerprint density at radius 2 is 1.91 bits per heavy atom. The zero-order chi connectivity index (χ0) is 16.1. The zero-order valence-electron chi connectivity index (χ0n) is 14.2. The van der Waals surface area contributed by atoms with Crippen LogP contribution in [0.5, 0.6) is 0 Å². The van der Waals surface area contributed by atoms with Crippen molar-refractivity contribution in [1.82, 2.24) is 10.6 Å². The maximum absolute atomic E-state index is 11.6. The lowest BCUT2D eigenvalue weighted by atomic mass is 10.00. The van der Waals surface area contributed by atoms with E-state index < -0.39 is 0 Å². The Bertz CT molecular complexity index is 501. The molecule has 1 aliphatic carbocycles. The van der Waals surface area contributed by atoms with Crippen molar-refractivity contribution < 1.29 is 9.53 Å². The molecule has 0 unspecified atom stereocenters. The summed E-state index contributed by atoms with van der Waals surface area (Å²) < 4.78 is 4.99. The monoisotopic (exact) mass is 304 g/mol. The minimum atomic E-state index is -0.302. The molecule has 0 aliphatic heterocycles. The summed E-state index contributed by atoms with van der Waals surface area (Å²) in [6.07, 6.45) is 2.09. The van der Waals surface area contributed by atoms with Gasteiger partial charge in [-0.25, -0.2) is 4.79 Å². The Labute approximate surface area is 133 Å². The molecule has 1 aromatic rings. The highest BCUT2D eigenvalue weighted by Gasteiger charge is 2.32. The molecule has 0 aromatic heterocycles. The van der Waals surface area contributed by atoms with Gasteiger partial charge in [0.15, 0.2) is 0 Å². The molecule has 2 N–H and O–H groups in total. The lowest BCUT2D eigenvalue weighted by Crippen LogP contribution is -2.43. The second kappa shape index (κ2) is 7.63. The SMILES string of the molecule is CCOC(=O)N[C@@H](CNCc1c(C)cc(C)cc1C)C1CC1. The van der Waals surface area contributed by atoms with Gasteiger partial charge in [-0.05, 0) is 63.1 Å². The van der Waals surface area contributed by atoms with E-state index in [9.17, 15) is 4.79 Å². The molecule has 122 valence electrons. The maximum Gasteiger partial charge on any atom is 0.407 e. The van der Waals surface area contributed by atoms with E-state index in [1.165, 1.54) is 35.1 Å². The molecule has 1 atom stereocenters. The first-order chi connectivity index (χ1) is 10.5. The summed E-state index contributed by atoms with van der Waals surface area (Å²) in [6, 6.07) is 4.61. The van der Waals surface area contributed by atoms with Gasteiger partial charge in [-0.2, -0.15) is 0 Å². The minimum absolute atomic E-state index is 0.171. The largest absolute Gasteiger partial charge is 0.450 e. The van der Waals surface area contributed by atoms with Crippen molar-refractivity contribution in [3.63, 3.8) is 0 Å². The van der Waals surface area contributed by atoms with Gasteiger partial charge in [-0.15, -0.1) is 0 Å². The number of benzene rings is 1. The van der Waals surface area contributed by atoms with Crippen LogP contribution in [0.3, 0.4) is 0 Å². The molecule has 1 fully saturated rings. The summed E-state index contributed by atoms with van der Waals surface area (Å²) in [5.74, 6) is 0.595. The van der Waals surface area contributed by atoms with Crippen LogP contribution in [0, 0.1) is 26.7 Å². The van der Waals surface area contributed by atoms with E-state index in [0.717, 1.165) is 13.1 Å². The fraction of sp³-hybridized carbons (Fsp3) is 0.611. The van der Waals surface area contributed by atoms with E-state index in [2.05, 4.69) is 43.5 Å². The van der Waals surface area contributed by atoms with Crippen molar-refractivity contribution in [2.45, 2.75) is 53.1 Å². The number of rotatable bonds is 7. The molecular formula is C18H28N2O2. The topological polar surface area (TPSA) is 50.4 Å². The predicted octanol–water partition coefficient (Wildman–Crippen LogP) is 3.23. The van der Waals surface area contributed by atoms with Crippen LogP contribution in [0.1, 0.15) is 42.0 Å². The lowest BCUT2D eigenvalue weighted by molar-refractivity contribution is 0.146. The van der Waals surface area contributed by atoms with E-state index in [-0.39, 0.29) is 12.1 Å². The Hall–Kier alpha value is -1.55. The number of hydrogen-bond donors (Lipinski definition) is 2. The van der Waals surface area contributed by atoms with Gasteiger partial charge in [-0.1, -0.05) is 17.7 Å². The summed E-state index contributed by atoms with van der Waals surface area (Å²) in [4.78, 5) is 11.6. The summed E-state index contributed by atoms with van der Waals surface area (Å²) in [5.41, 5.74) is 5.31. The number of carbonyl (C=O) groups excluding carboxylic acids is 1. The molecule has 0 heterocycles. The average Bonchev–Trinajstić information content (AvgIpc) is 3.25. The summed E-state index contributed by atoms with van der Waals surface area (Å²) in [6.45, 7) is 10.3. The van der Waals surface area contributed by atoms with Crippen LogP contribution in [-0.2, 0) is 11.3 Å². The summed E-state index contributed by atoms with van der Waals surface area (Å²) >= 11 is 0. The molecular weight excluding hydrogens is 276 g/mol. The molecule has 1 saturated carbocycles. The first-order valence-electron chi connectivity index (χ1n) is 8.22.